The zero-order chi connectivity index (χ0) is 12.4. The highest BCUT2D eigenvalue weighted by molar-refractivity contribution is 9.10. The van der Waals surface area contributed by atoms with Gasteiger partial charge in [-0.3, -0.25) is 0 Å². The standard InChI is InChI=1S/C10H12BBrFNO3/c12-6-1-2-7(16-4-3-13)10-9(6)8(5-14)17-11(10)15/h1-2,8,15H,3-5,14H2. The Kier molecular flexibility index (Phi) is 4.03. The molecule has 1 unspecified atom stereocenters. The van der Waals surface area contributed by atoms with Crippen LogP contribution in [0.4, 0.5) is 4.39 Å². The van der Waals surface area contributed by atoms with Crippen LogP contribution in [0.2, 0.25) is 0 Å². The summed E-state index contributed by atoms with van der Waals surface area (Å²) in [6.45, 7) is -0.370. The molecule has 92 valence electrons. The zero-order valence-electron chi connectivity index (χ0n) is 9.03. The molecule has 0 saturated heterocycles. The molecular formula is C10H12BBrFNO3. The van der Waals surface area contributed by atoms with Gasteiger partial charge in [-0.1, -0.05) is 15.9 Å². The van der Waals surface area contributed by atoms with Crippen LogP contribution in [0, 0.1) is 0 Å². The van der Waals surface area contributed by atoms with E-state index in [4.69, 9.17) is 15.1 Å². The highest BCUT2D eigenvalue weighted by Crippen LogP contribution is 2.33. The topological polar surface area (TPSA) is 64.7 Å². The lowest BCUT2D eigenvalue weighted by molar-refractivity contribution is 0.197. The molecule has 0 saturated carbocycles. The van der Waals surface area contributed by atoms with Crippen molar-refractivity contribution in [3.8, 4) is 5.75 Å². The third-order valence-corrected chi connectivity index (χ3v) is 3.30. The van der Waals surface area contributed by atoms with Gasteiger partial charge in [-0.2, -0.15) is 0 Å². The maximum Gasteiger partial charge on any atom is 0.495 e. The fourth-order valence-corrected chi connectivity index (χ4v) is 2.51. The van der Waals surface area contributed by atoms with E-state index in [-0.39, 0.29) is 19.3 Å². The van der Waals surface area contributed by atoms with Crippen LogP contribution >= 0.6 is 15.9 Å². The lowest BCUT2D eigenvalue weighted by Gasteiger charge is -2.12. The van der Waals surface area contributed by atoms with Gasteiger partial charge in [0.05, 0.1) is 6.10 Å². The minimum atomic E-state index is -1.08. The summed E-state index contributed by atoms with van der Waals surface area (Å²) in [5, 5.41) is 9.82. The number of fused-ring (bicyclic) bond motifs is 1. The van der Waals surface area contributed by atoms with Crippen LogP contribution in [0.15, 0.2) is 16.6 Å². The molecule has 1 atom stereocenters. The van der Waals surface area contributed by atoms with Crippen molar-refractivity contribution in [2.75, 3.05) is 19.8 Å². The first-order chi connectivity index (χ1) is 8.19. The van der Waals surface area contributed by atoms with Crippen LogP contribution in [0.25, 0.3) is 0 Å². The van der Waals surface area contributed by atoms with Crippen molar-refractivity contribution in [3.05, 3.63) is 22.2 Å². The second-order valence-electron chi connectivity index (χ2n) is 3.62. The van der Waals surface area contributed by atoms with Crippen molar-refractivity contribution >= 4 is 28.5 Å². The first-order valence-electron chi connectivity index (χ1n) is 5.23. The van der Waals surface area contributed by atoms with Crippen LogP contribution in [0.3, 0.4) is 0 Å². The second-order valence-corrected chi connectivity index (χ2v) is 4.48. The van der Waals surface area contributed by atoms with E-state index in [1.54, 1.807) is 12.1 Å². The Morgan fingerprint density at radius 1 is 1.59 bits per heavy atom. The molecule has 1 aliphatic heterocycles. The lowest BCUT2D eigenvalue weighted by atomic mass is 9.78. The van der Waals surface area contributed by atoms with Gasteiger partial charge in [0, 0.05) is 16.5 Å². The summed E-state index contributed by atoms with van der Waals surface area (Å²) in [7, 11) is -1.08. The molecular weight excluding hydrogens is 292 g/mol. The number of halogens is 2. The molecule has 17 heavy (non-hydrogen) atoms. The number of hydrogen-bond acceptors (Lipinski definition) is 4. The Balaban J connectivity index is 2.42. The van der Waals surface area contributed by atoms with E-state index in [1.165, 1.54) is 0 Å². The van der Waals surface area contributed by atoms with Crippen LogP contribution in [-0.2, 0) is 4.65 Å². The SMILES string of the molecule is NCC1OB(O)c2c(OCCF)ccc(Br)c21. The predicted octanol–water partition coefficient (Wildman–Crippen LogP) is 0.515. The average Bonchev–Trinajstić information content (AvgIpc) is 2.67. The summed E-state index contributed by atoms with van der Waals surface area (Å²) < 4.78 is 23.4. The van der Waals surface area contributed by atoms with E-state index in [2.05, 4.69) is 15.9 Å². The number of rotatable bonds is 4. The molecule has 1 aromatic rings. The van der Waals surface area contributed by atoms with Crippen LogP contribution in [0.5, 0.6) is 5.75 Å². The van der Waals surface area contributed by atoms with Crippen molar-refractivity contribution in [2.24, 2.45) is 5.73 Å². The Morgan fingerprint density at radius 3 is 3.00 bits per heavy atom. The van der Waals surface area contributed by atoms with E-state index < -0.39 is 13.8 Å². The van der Waals surface area contributed by atoms with E-state index in [1.807, 2.05) is 0 Å². The molecule has 3 N–H and O–H groups in total. The van der Waals surface area contributed by atoms with Gasteiger partial charge in [0.2, 0.25) is 0 Å². The monoisotopic (exact) mass is 303 g/mol. The Hall–Kier alpha value is -0.625. The molecule has 7 heteroatoms. The first kappa shape index (κ1) is 12.8. The van der Waals surface area contributed by atoms with Crippen molar-refractivity contribution in [3.63, 3.8) is 0 Å². The fourth-order valence-electron chi connectivity index (χ4n) is 1.91. The van der Waals surface area contributed by atoms with Gasteiger partial charge in [0.1, 0.15) is 19.0 Å². The van der Waals surface area contributed by atoms with Crippen LogP contribution in [0.1, 0.15) is 11.7 Å². The summed E-state index contributed by atoms with van der Waals surface area (Å²) >= 11 is 3.38. The van der Waals surface area contributed by atoms with E-state index in [9.17, 15) is 9.41 Å². The Morgan fingerprint density at radius 2 is 2.35 bits per heavy atom. The first-order valence-corrected chi connectivity index (χ1v) is 6.03. The summed E-state index contributed by atoms with van der Waals surface area (Å²) in [6, 6.07) is 3.44. The van der Waals surface area contributed by atoms with Crippen molar-refractivity contribution < 1.29 is 18.8 Å². The van der Waals surface area contributed by atoms with Gasteiger partial charge in [0.25, 0.3) is 0 Å². The number of benzene rings is 1. The lowest BCUT2D eigenvalue weighted by Crippen LogP contribution is -2.30. The molecule has 0 fully saturated rings. The smallest absolute Gasteiger partial charge is 0.491 e. The van der Waals surface area contributed by atoms with Crippen LogP contribution in [-0.4, -0.2) is 32.0 Å². The van der Waals surface area contributed by atoms with E-state index >= 15 is 0 Å². The predicted molar refractivity (Wildman–Crippen MR) is 66.1 cm³/mol. The summed E-state index contributed by atoms with van der Waals surface area (Å²) in [4.78, 5) is 0. The maximum atomic E-state index is 12.1. The largest absolute Gasteiger partial charge is 0.495 e. The van der Waals surface area contributed by atoms with Crippen molar-refractivity contribution in [2.45, 2.75) is 6.10 Å². The third-order valence-electron chi connectivity index (χ3n) is 2.60. The molecule has 0 spiro atoms. The molecule has 0 radical (unpaired) electrons. The maximum absolute atomic E-state index is 12.1. The summed E-state index contributed by atoms with van der Waals surface area (Å²) in [5.41, 5.74) is 6.88. The normalized spacial score (nSPS) is 18.4. The van der Waals surface area contributed by atoms with Crippen molar-refractivity contribution in [1.82, 2.24) is 0 Å². The molecule has 0 aromatic heterocycles. The van der Waals surface area contributed by atoms with Gasteiger partial charge < -0.3 is 20.1 Å². The number of nitrogens with two attached hydrogens (primary N) is 1. The second kappa shape index (κ2) is 5.35. The van der Waals surface area contributed by atoms with Gasteiger partial charge in [-0.05, 0) is 17.7 Å². The number of hydrogen-bond donors (Lipinski definition) is 2. The number of alkyl halides is 1. The highest BCUT2D eigenvalue weighted by atomic mass is 79.9. The van der Waals surface area contributed by atoms with Gasteiger partial charge in [-0.25, -0.2) is 4.39 Å². The van der Waals surface area contributed by atoms with E-state index in [0.29, 0.717) is 11.2 Å². The minimum absolute atomic E-state index is 0.0475. The average molecular weight is 304 g/mol. The fraction of sp³-hybridized carbons (Fsp3) is 0.400. The number of ether oxygens (including phenoxy) is 1. The molecule has 0 aliphatic carbocycles. The van der Waals surface area contributed by atoms with Gasteiger partial charge >= 0.3 is 7.12 Å². The molecule has 0 amide bonds. The Bertz CT molecular complexity index is 421. The molecule has 1 aliphatic rings. The Labute approximate surface area is 107 Å². The van der Waals surface area contributed by atoms with Gasteiger partial charge in [0.15, 0.2) is 0 Å². The molecule has 4 nitrogen and oxygen atoms in total. The van der Waals surface area contributed by atoms with Gasteiger partial charge in [-0.15, -0.1) is 0 Å². The minimum Gasteiger partial charge on any atom is -0.491 e. The summed E-state index contributed by atoms with van der Waals surface area (Å²) in [6.07, 6.45) is -0.372. The van der Waals surface area contributed by atoms with E-state index in [0.717, 1.165) is 10.0 Å². The molecule has 1 heterocycles. The quantitative estimate of drug-likeness (QED) is 0.796. The molecule has 1 aromatic carbocycles. The summed E-state index contributed by atoms with van der Waals surface area (Å²) in [5.74, 6) is 0.435. The molecule has 2 rings (SSSR count). The third kappa shape index (κ3) is 2.33. The van der Waals surface area contributed by atoms with Crippen molar-refractivity contribution in [1.29, 1.82) is 0 Å². The highest BCUT2D eigenvalue weighted by Gasteiger charge is 2.38. The molecule has 0 bridgehead atoms. The zero-order valence-corrected chi connectivity index (χ0v) is 10.6. The van der Waals surface area contributed by atoms with Crippen LogP contribution < -0.4 is 15.9 Å².